The minimum Gasteiger partial charge on any atom is -0.335 e. The van der Waals surface area contributed by atoms with Crippen molar-refractivity contribution in [3.8, 4) is 0 Å². The summed E-state index contributed by atoms with van der Waals surface area (Å²) in [5, 5.41) is 3.53. The zero-order valence-electron chi connectivity index (χ0n) is 14.3. The molecule has 0 saturated carbocycles. The van der Waals surface area contributed by atoms with Crippen molar-refractivity contribution >= 4 is 53.7 Å². The van der Waals surface area contributed by atoms with Crippen molar-refractivity contribution in [2.24, 2.45) is 5.73 Å². The molecular weight excluding hydrogens is 415 g/mol. The fourth-order valence-electron chi connectivity index (χ4n) is 2.77. The van der Waals surface area contributed by atoms with Crippen LogP contribution >= 0.6 is 47.8 Å². The van der Waals surface area contributed by atoms with Gasteiger partial charge in [-0.3, -0.25) is 9.69 Å². The van der Waals surface area contributed by atoms with E-state index in [9.17, 15) is 4.79 Å². The van der Waals surface area contributed by atoms with Crippen LogP contribution in [0.3, 0.4) is 0 Å². The Labute approximate surface area is 175 Å². The summed E-state index contributed by atoms with van der Waals surface area (Å²) in [6, 6.07) is 7.93. The van der Waals surface area contributed by atoms with E-state index in [-0.39, 0.29) is 30.7 Å². The molecule has 1 aromatic carbocycles. The summed E-state index contributed by atoms with van der Waals surface area (Å²) in [4.78, 5) is 21.2. The van der Waals surface area contributed by atoms with Gasteiger partial charge >= 0.3 is 0 Å². The van der Waals surface area contributed by atoms with Gasteiger partial charge in [-0.25, -0.2) is 4.98 Å². The molecule has 0 radical (unpaired) electrons. The highest BCUT2D eigenvalue weighted by Gasteiger charge is 2.23. The molecule has 1 aliphatic heterocycles. The van der Waals surface area contributed by atoms with Crippen molar-refractivity contribution in [3.63, 3.8) is 0 Å². The van der Waals surface area contributed by atoms with E-state index in [1.54, 1.807) is 0 Å². The van der Waals surface area contributed by atoms with E-state index in [0.29, 0.717) is 12.2 Å². The second kappa shape index (κ2) is 11.1. The van der Waals surface area contributed by atoms with Crippen molar-refractivity contribution < 1.29 is 4.79 Å². The van der Waals surface area contributed by atoms with Crippen molar-refractivity contribution in [3.05, 3.63) is 50.9 Å². The number of rotatable bonds is 5. The Kier molecular flexibility index (Phi) is 9.85. The van der Waals surface area contributed by atoms with Gasteiger partial charge in [0, 0.05) is 49.5 Å². The number of hydrogen-bond donors (Lipinski definition) is 1. The molecule has 2 aromatic rings. The number of halogens is 3. The molecule has 144 valence electrons. The maximum atomic E-state index is 12.5. The first-order valence-electron chi connectivity index (χ1n) is 8.06. The zero-order valence-corrected chi connectivity index (χ0v) is 17.5. The summed E-state index contributed by atoms with van der Waals surface area (Å²) in [5.74, 6) is 0.0284. The SMILES string of the molecule is Cl.Cl.NCCc1nc(C(=O)N2CCN(Cc3ccc(Cl)cc3)CC2)cs1. The van der Waals surface area contributed by atoms with Gasteiger partial charge in [-0.1, -0.05) is 23.7 Å². The number of aromatic nitrogens is 1. The molecule has 1 saturated heterocycles. The number of nitrogens with zero attached hydrogens (tertiary/aromatic N) is 3. The molecule has 0 atom stereocenters. The van der Waals surface area contributed by atoms with Crippen molar-refractivity contribution in [2.75, 3.05) is 32.7 Å². The van der Waals surface area contributed by atoms with Crippen LogP contribution in [0.5, 0.6) is 0 Å². The van der Waals surface area contributed by atoms with E-state index in [1.165, 1.54) is 16.9 Å². The predicted molar refractivity (Wildman–Crippen MR) is 112 cm³/mol. The van der Waals surface area contributed by atoms with Crippen LogP contribution in [-0.2, 0) is 13.0 Å². The molecule has 0 aliphatic carbocycles. The lowest BCUT2D eigenvalue weighted by Gasteiger charge is -2.34. The minimum absolute atomic E-state index is 0. The molecule has 1 aromatic heterocycles. The Morgan fingerprint density at radius 2 is 1.81 bits per heavy atom. The Hall–Kier alpha value is -0.890. The third kappa shape index (κ3) is 6.08. The fourth-order valence-corrected chi connectivity index (χ4v) is 3.68. The number of hydrogen-bond acceptors (Lipinski definition) is 5. The summed E-state index contributed by atoms with van der Waals surface area (Å²) < 4.78 is 0. The van der Waals surface area contributed by atoms with Crippen LogP contribution in [0, 0.1) is 0 Å². The average molecular weight is 438 g/mol. The van der Waals surface area contributed by atoms with Gasteiger partial charge in [0.25, 0.3) is 5.91 Å². The highest BCUT2D eigenvalue weighted by Crippen LogP contribution is 2.16. The van der Waals surface area contributed by atoms with Gasteiger partial charge in [0.15, 0.2) is 0 Å². The molecule has 9 heteroatoms. The van der Waals surface area contributed by atoms with Gasteiger partial charge in [-0.15, -0.1) is 36.2 Å². The van der Waals surface area contributed by atoms with E-state index >= 15 is 0 Å². The number of benzene rings is 1. The fraction of sp³-hybridized carbons (Fsp3) is 0.412. The topological polar surface area (TPSA) is 62.5 Å². The maximum Gasteiger partial charge on any atom is 0.273 e. The third-order valence-corrected chi connectivity index (χ3v) is 5.27. The van der Waals surface area contributed by atoms with Gasteiger partial charge in [-0.2, -0.15) is 0 Å². The highest BCUT2D eigenvalue weighted by atomic mass is 35.5. The number of nitrogens with two attached hydrogens (primary N) is 1. The summed E-state index contributed by atoms with van der Waals surface area (Å²) in [7, 11) is 0. The van der Waals surface area contributed by atoms with Gasteiger partial charge in [0.05, 0.1) is 5.01 Å². The van der Waals surface area contributed by atoms with Gasteiger partial charge < -0.3 is 10.6 Å². The molecule has 0 spiro atoms. The number of carbonyl (C=O) groups excluding carboxylic acids is 1. The Balaban J connectivity index is 0.00000169. The third-order valence-electron chi connectivity index (χ3n) is 4.11. The summed E-state index contributed by atoms with van der Waals surface area (Å²) in [6.07, 6.45) is 0.729. The molecule has 1 amide bonds. The summed E-state index contributed by atoms with van der Waals surface area (Å²) >= 11 is 7.43. The maximum absolute atomic E-state index is 12.5. The number of amides is 1. The van der Waals surface area contributed by atoms with E-state index in [0.717, 1.165) is 49.2 Å². The number of piperazine rings is 1. The van der Waals surface area contributed by atoms with Gasteiger partial charge in [-0.05, 0) is 24.2 Å². The molecule has 1 fully saturated rings. The van der Waals surface area contributed by atoms with Crippen LogP contribution in [0.2, 0.25) is 5.02 Å². The van der Waals surface area contributed by atoms with Crippen molar-refractivity contribution in [1.29, 1.82) is 0 Å². The Morgan fingerprint density at radius 1 is 1.15 bits per heavy atom. The molecule has 2 N–H and O–H groups in total. The van der Waals surface area contributed by atoms with E-state index in [2.05, 4.69) is 9.88 Å². The minimum atomic E-state index is 0. The molecule has 0 bridgehead atoms. The van der Waals surface area contributed by atoms with Gasteiger partial charge in [0.1, 0.15) is 5.69 Å². The van der Waals surface area contributed by atoms with Crippen LogP contribution in [0.15, 0.2) is 29.6 Å². The monoisotopic (exact) mass is 436 g/mol. The van der Waals surface area contributed by atoms with Crippen LogP contribution in [0.1, 0.15) is 21.1 Å². The Bertz CT molecular complexity index is 688. The number of thiazole rings is 1. The lowest BCUT2D eigenvalue weighted by molar-refractivity contribution is 0.0623. The molecule has 3 rings (SSSR count). The molecular formula is C17H23Cl3N4OS. The molecule has 1 aliphatic rings. The second-order valence-corrected chi connectivity index (χ2v) is 7.24. The summed E-state index contributed by atoms with van der Waals surface area (Å²) in [6.45, 7) is 4.65. The van der Waals surface area contributed by atoms with Crippen LogP contribution in [0.25, 0.3) is 0 Å². The zero-order chi connectivity index (χ0) is 16.9. The second-order valence-electron chi connectivity index (χ2n) is 5.86. The number of carbonyl (C=O) groups is 1. The van der Waals surface area contributed by atoms with Crippen molar-refractivity contribution in [1.82, 2.24) is 14.8 Å². The smallest absolute Gasteiger partial charge is 0.273 e. The largest absolute Gasteiger partial charge is 0.335 e. The van der Waals surface area contributed by atoms with E-state index < -0.39 is 0 Å². The van der Waals surface area contributed by atoms with Gasteiger partial charge in [0.2, 0.25) is 0 Å². The van der Waals surface area contributed by atoms with E-state index in [1.807, 2.05) is 34.5 Å². The standard InChI is InChI=1S/C17H21ClN4OS.2ClH/c18-14-3-1-13(2-4-14)11-21-7-9-22(10-8-21)17(23)15-12-24-16(20-15)5-6-19;;/h1-4,12H,5-11,19H2;2*1H. The lowest BCUT2D eigenvalue weighted by Crippen LogP contribution is -2.48. The van der Waals surface area contributed by atoms with Crippen LogP contribution in [0.4, 0.5) is 0 Å². The Morgan fingerprint density at radius 3 is 2.42 bits per heavy atom. The first kappa shape index (κ1) is 23.1. The van der Waals surface area contributed by atoms with Crippen molar-refractivity contribution in [2.45, 2.75) is 13.0 Å². The molecule has 2 heterocycles. The predicted octanol–water partition coefficient (Wildman–Crippen LogP) is 3.10. The first-order valence-corrected chi connectivity index (χ1v) is 9.32. The first-order chi connectivity index (χ1) is 11.7. The van der Waals surface area contributed by atoms with E-state index in [4.69, 9.17) is 17.3 Å². The average Bonchev–Trinajstić information content (AvgIpc) is 3.06. The summed E-state index contributed by atoms with van der Waals surface area (Å²) in [5.41, 5.74) is 7.33. The molecule has 26 heavy (non-hydrogen) atoms. The van der Waals surface area contributed by atoms with Crippen LogP contribution in [-0.4, -0.2) is 53.4 Å². The van der Waals surface area contributed by atoms with Crippen LogP contribution < -0.4 is 5.73 Å². The highest BCUT2D eigenvalue weighted by molar-refractivity contribution is 7.09. The molecule has 0 unspecified atom stereocenters. The molecule has 5 nitrogen and oxygen atoms in total. The quantitative estimate of drug-likeness (QED) is 0.781. The lowest BCUT2D eigenvalue weighted by atomic mass is 10.2. The normalized spacial score (nSPS) is 14.5.